The van der Waals surface area contributed by atoms with Crippen molar-refractivity contribution in [1.82, 2.24) is 4.98 Å². The summed E-state index contributed by atoms with van der Waals surface area (Å²) in [6, 6.07) is 4.14. The highest BCUT2D eigenvalue weighted by Crippen LogP contribution is 2.24. The zero-order chi connectivity index (χ0) is 14.3. The molecule has 1 N–H and O–H groups in total. The first-order valence-corrected chi connectivity index (χ1v) is 6.61. The van der Waals surface area contributed by atoms with Crippen LogP contribution >= 0.6 is 0 Å². The molecule has 0 aliphatic carbocycles. The van der Waals surface area contributed by atoms with Crippen LogP contribution in [0.2, 0.25) is 0 Å². The van der Waals surface area contributed by atoms with Crippen molar-refractivity contribution in [1.29, 1.82) is 0 Å². The van der Waals surface area contributed by atoms with Gasteiger partial charge in [0, 0.05) is 11.3 Å². The zero-order valence-corrected chi connectivity index (χ0v) is 12.6. The Kier molecular flexibility index (Phi) is 3.36. The van der Waals surface area contributed by atoms with Crippen molar-refractivity contribution in [2.45, 2.75) is 41.5 Å². The van der Waals surface area contributed by atoms with E-state index in [4.69, 9.17) is 0 Å². The largest absolute Gasteiger partial charge is 0.356 e. The summed E-state index contributed by atoms with van der Waals surface area (Å²) in [5, 5.41) is 0. The van der Waals surface area contributed by atoms with Crippen molar-refractivity contribution in [2.24, 2.45) is 0 Å². The number of nitrogens with one attached hydrogen (secondary N) is 1. The standard InChI is InChI=1S/C17H21NO/c1-9-7-10(2)15(11(3)8-9)17(19)16-13(5)12(4)14(6)18-16/h7-8,18H,1-6H3. The minimum Gasteiger partial charge on any atom is -0.356 e. The van der Waals surface area contributed by atoms with Crippen LogP contribution in [0.4, 0.5) is 0 Å². The molecular formula is C17H21NO. The van der Waals surface area contributed by atoms with E-state index in [2.05, 4.69) is 24.0 Å². The summed E-state index contributed by atoms with van der Waals surface area (Å²) in [7, 11) is 0. The molecule has 100 valence electrons. The molecule has 2 rings (SSSR count). The molecule has 0 amide bonds. The topological polar surface area (TPSA) is 32.9 Å². The molecule has 1 aromatic heterocycles. The van der Waals surface area contributed by atoms with Gasteiger partial charge in [-0.2, -0.15) is 0 Å². The minimum atomic E-state index is 0.101. The second-order valence-corrected chi connectivity index (χ2v) is 5.48. The molecule has 0 bridgehead atoms. The van der Waals surface area contributed by atoms with Crippen LogP contribution in [0.1, 0.15) is 49.6 Å². The smallest absolute Gasteiger partial charge is 0.209 e. The molecule has 0 aliphatic rings. The number of ketones is 1. The molecule has 0 aliphatic heterocycles. The van der Waals surface area contributed by atoms with Gasteiger partial charge in [-0.1, -0.05) is 17.7 Å². The first kappa shape index (κ1) is 13.6. The number of rotatable bonds is 2. The van der Waals surface area contributed by atoms with Gasteiger partial charge in [0.25, 0.3) is 0 Å². The summed E-state index contributed by atoms with van der Waals surface area (Å²) in [5.74, 6) is 0.101. The fourth-order valence-corrected chi connectivity index (χ4v) is 2.73. The minimum absolute atomic E-state index is 0.101. The maximum Gasteiger partial charge on any atom is 0.209 e. The van der Waals surface area contributed by atoms with Gasteiger partial charge >= 0.3 is 0 Å². The Balaban J connectivity index is 2.60. The molecule has 2 aromatic rings. The van der Waals surface area contributed by atoms with Crippen molar-refractivity contribution >= 4 is 5.78 Å². The average molecular weight is 255 g/mol. The number of aromatic amines is 1. The van der Waals surface area contributed by atoms with E-state index in [1.165, 1.54) is 11.1 Å². The fourth-order valence-electron chi connectivity index (χ4n) is 2.73. The van der Waals surface area contributed by atoms with Crippen LogP contribution in [-0.2, 0) is 0 Å². The molecule has 0 atom stereocenters. The molecule has 0 saturated carbocycles. The Morgan fingerprint density at radius 2 is 1.42 bits per heavy atom. The third-order valence-corrected chi connectivity index (χ3v) is 3.94. The molecule has 1 aromatic carbocycles. The summed E-state index contributed by atoms with van der Waals surface area (Å²) in [5.41, 5.74) is 8.15. The van der Waals surface area contributed by atoms with Crippen LogP contribution in [-0.4, -0.2) is 10.8 Å². The summed E-state index contributed by atoms with van der Waals surface area (Å²) in [4.78, 5) is 16.0. The van der Waals surface area contributed by atoms with Gasteiger partial charge < -0.3 is 4.98 Å². The number of hydrogen-bond acceptors (Lipinski definition) is 1. The Labute approximate surface area is 114 Å². The maximum absolute atomic E-state index is 12.8. The van der Waals surface area contributed by atoms with Gasteiger partial charge in [-0.15, -0.1) is 0 Å². The molecule has 0 saturated heterocycles. The van der Waals surface area contributed by atoms with E-state index in [0.717, 1.165) is 33.6 Å². The fraction of sp³-hybridized carbons (Fsp3) is 0.353. The lowest BCUT2D eigenvalue weighted by molar-refractivity contribution is 0.103. The van der Waals surface area contributed by atoms with Gasteiger partial charge in [-0.25, -0.2) is 0 Å². The lowest BCUT2D eigenvalue weighted by atomic mass is 9.94. The highest BCUT2D eigenvalue weighted by Gasteiger charge is 2.20. The van der Waals surface area contributed by atoms with Gasteiger partial charge in [0.15, 0.2) is 0 Å². The van der Waals surface area contributed by atoms with Gasteiger partial charge in [0.2, 0.25) is 5.78 Å². The lowest BCUT2D eigenvalue weighted by Gasteiger charge is -2.10. The first-order chi connectivity index (χ1) is 8.82. The third-order valence-electron chi connectivity index (χ3n) is 3.94. The number of aromatic nitrogens is 1. The molecule has 0 fully saturated rings. The average Bonchev–Trinajstić information content (AvgIpc) is 2.55. The number of benzene rings is 1. The second kappa shape index (κ2) is 4.69. The Morgan fingerprint density at radius 1 is 0.895 bits per heavy atom. The van der Waals surface area contributed by atoms with Gasteiger partial charge in [-0.05, 0) is 63.8 Å². The molecule has 0 unspecified atom stereocenters. The zero-order valence-electron chi connectivity index (χ0n) is 12.6. The van der Waals surface area contributed by atoms with Crippen molar-refractivity contribution in [3.63, 3.8) is 0 Å². The molecular weight excluding hydrogens is 234 g/mol. The second-order valence-electron chi connectivity index (χ2n) is 5.48. The van der Waals surface area contributed by atoms with E-state index < -0.39 is 0 Å². The summed E-state index contributed by atoms with van der Waals surface area (Å²) < 4.78 is 0. The van der Waals surface area contributed by atoms with Crippen molar-refractivity contribution in [2.75, 3.05) is 0 Å². The summed E-state index contributed by atoms with van der Waals surface area (Å²) >= 11 is 0. The molecule has 0 spiro atoms. The van der Waals surface area contributed by atoms with E-state index in [0.29, 0.717) is 0 Å². The van der Waals surface area contributed by atoms with Gasteiger partial charge in [0.1, 0.15) is 0 Å². The highest BCUT2D eigenvalue weighted by molar-refractivity contribution is 6.10. The lowest BCUT2D eigenvalue weighted by Crippen LogP contribution is -2.08. The number of aryl methyl sites for hydroxylation is 4. The van der Waals surface area contributed by atoms with Crippen LogP contribution in [0.25, 0.3) is 0 Å². The molecule has 19 heavy (non-hydrogen) atoms. The monoisotopic (exact) mass is 255 g/mol. The van der Waals surface area contributed by atoms with Crippen LogP contribution in [0, 0.1) is 41.5 Å². The molecule has 0 radical (unpaired) electrons. The predicted octanol–water partition coefficient (Wildman–Crippen LogP) is 4.10. The normalized spacial score (nSPS) is 10.8. The number of carbonyl (C=O) groups excluding carboxylic acids is 1. The number of carbonyl (C=O) groups is 1. The molecule has 2 heteroatoms. The molecule has 1 heterocycles. The van der Waals surface area contributed by atoms with E-state index in [9.17, 15) is 4.79 Å². The SMILES string of the molecule is Cc1cc(C)c(C(=O)c2[nH]c(C)c(C)c2C)c(C)c1. The van der Waals surface area contributed by atoms with Crippen LogP contribution in [0.5, 0.6) is 0 Å². The van der Waals surface area contributed by atoms with Crippen LogP contribution in [0.15, 0.2) is 12.1 Å². The summed E-state index contributed by atoms with van der Waals surface area (Å²) in [6.07, 6.45) is 0. The van der Waals surface area contributed by atoms with Crippen molar-refractivity contribution < 1.29 is 4.79 Å². The first-order valence-electron chi connectivity index (χ1n) is 6.61. The van der Waals surface area contributed by atoms with Crippen molar-refractivity contribution in [3.05, 3.63) is 56.9 Å². The quantitative estimate of drug-likeness (QED) is 0.805. The van der Waals surface area contributed by atoms with Gasteiger partial charge in [0.05, 0.1) is 5.69 Å². The Bertz CT molecular complexity index is 639. The number of hydrogen-bond donors (Lipinski definition) is 1. The molecule has 2 nitrogen and oxygen atoms in total. The van der Waals surface area contributed by atoms with E-state index in [1.807, 2.05) is 34.6 Å². The highest BCUT2D eigenvalue weighted by atomic mass is 16.1. The van der Waals surface area contributed by atoms with E-state index >= 15 is 0 Å². The van der Waals surface area contributed by atoms with Crippen LogP contribution in [0.3, 0.4) is 0 Å². The van der Waals surface area contributed by atoms with E-state index in [1.54, 1.807) is 0 Å². The summed E-state index contributed by atoms with van der Waals surface area (Å²) in [6.45, 7) is 12.1. The van der Waals surface area contributed by atoms with Crippen LogP contribution < -0.4 is 0 Å². The Morgan fingerprint density at radius 3 is 1.84 bits per heavy atom. The number of H-pyrrole nitrogens is 1. The third kappa shape index (κ3) is 2.23. The maximum atomic E-state index is 12.8. The van der Waals surface area contributed by atoms with E-state index in [-0.39, 0.29) is 5.78 Å². The van der Waals surface area contributed by atoms with Crippen molar-refractivity contribution in [3.8, 4) is 0 Å². The predicted molar refractivity (Wildman–Crippen MR) is 79.1 cm³/mol. The Hall–Kier alpha value is -1.83. The van der Waals surface area contributed by atoms with Gasteiger partial charge in [-0.3, -0.25) is 4.79 Å².